The van der Waals surface area contributed by atoms with E-state index < -0.39 is 35.9 Å². The zero-order valence-electron chi connectivity index (χ0n) is 12.4. The van der Waals surface area contributed by atoms with Crippen LogP contribution in [0, 0.1) is 0 Å². The van der Waals surface area contributed by atoms with Crippen molar-refractivity contribution in [1.29, 1.82) is 0 Å². The van der Waals surface area contributed by atoms with Crippen molar-refractivity contribution in [2.75, 3.05) is 0 Å². The van der Waals surface area contributed by atoms with Gasteiger partial charge in [-0.3, -0.25) is 0 Å². The van der Waals surface area contributed by atoms with Crippen molar-refractivity contribution in [1.82, 2.24) is 5.32 Å². The third-order valence-electron chi connectivity index (χ3n) is 4.03. The molecule has 0 saturated carbocycles. The first kappa shape index (κ1) is 16.7. The fourth-order valence-corrected chi connectivity index (χ4v) is 2.98. The smallest absolute Gasteiger partial charge is 0.416 e. The minimum atomic E-state index is -4.61. The largest absolute Gasteiger partial charge is 0.508 e. The number of phenols is 1. The second-order valence-electron chi connectivity index (χ2n) is 5.84. The molecule has 1 aliphatic carbocycles. The van der Waals surface area contributed by atoms with Crippen LogP contribution in [0.25, 0.3) is 0 Å². The number of hydrogen-bond acceptors (Lipinski definition) is 2. The molecule has 1 atom stereocenters. The first-order valence-electron chi connectivity index (χ1n) is 7.26. The van der Waals surface area contributed by atoms with Crippen molar-refractivity contribution in [3.8, 4) is 5.75 Å². The minimum Gasteiger partial charge on any atom is -0.508 e. The van der Waals surface area contributed by atoms with Crippen LogP contribution in [0.4, 0.5) is 22.0 Å². The molecule has 0 fully saturated rings. The molecule has 0 bridgehead atoms. The molecule has 2 nitrogen and oxygen atoms in total. The number of alkyl halides is 5. The van der Waals surface area contributed by atoms with Crippen LogP contribution in [0.15, 0.2) is 42.5 Å². The maximum absolute atomic E-state index is 14.2. The highest BCUT2D eigenvalue weighted by Crippen LogP contribution is 2.43. The van der Waals surface area contributed by atoms with Crippen LogP contribution in [0.1, 0.15) is 28.3 Å². The Balaban J connectivity index is 1.82. The molecule has 2 aromatic rings. The minimum absolute atomic E-state index is 0.0857. The summed E-state index contributed by atoms with van der Waals surface area (Å²) >= 11 is 0. The summed E-state index contributed by atoms with van der Waals surface area (Å²) in [6.45, 7) is -0.216. The predicted molar refractivity (Wildman–Crippen MR) is 77.8 cm³/mol. The Morgan fingerprint density at radius 3 is 2.54 bits per heavy atom. The van der Waals surface area contributed by atoms with Gasteiger partial charge in [-0.2, -0.15) is 13.2 Å². The molecule has 1 aliphatic rings. The van der Waals surface area contributed by atoms with Gasteiger partial charge >= 0.3 is 6.18 Å². The van der Waals surface area contributed by atoms with Crippen LogP contribution in [0.3, 0.4) is 0 Å². The molecule has 7 heteroatoms. The standard InChI is InChI=1S/C17H14F5NO/c18-16(19)8-11-3-1-2-4-14(11)15(16)23-9-10-5-12(17(20,21)22)7-13(24)6-10/h1-7,15,23-24H,8-9H2. The van der Waals surface area contributed by atoms with E-state index in [9.17, 15) is 27.1 Å². The van der Waals surface area contributed by atoms with E-state index in [1.807, 2.05) is 0 Å². The van der Waals surface area contributed by atoms with Crippen LogP contribution in [0.5, 0.6) is 5.75 Å². The number of phenolic OH excluding ortho intramolecular Hbond substituents is 1. The number of fused-ring (bicyclic) bond motifs is 1. The van der Waals surface area contributed by atoms with Crippen molar-refractivity contribution < 1.29 is 27.1 Å². The quantitative estimate of drug-likeness (QED) is 0.808. The lowest BCUT2D eigenvalue weighted by Crippen LogP contribution is -2.33. The van der Waals surface area contributed by atoms with Crippen LogP contribution in [0.2, 0.25) is 0 Å². The van der Waals surface area contributed by atoms with E-state index in [4.69, 9.17) is 0 Å². The fourth-order valence-electron chi connectivity index (χ4n) is 2.98. The van der Waals surface area contributed by atoms with Crippen LogP contribution >= 0.6 is 0 Å². The first-order chi connectivity index (χ1) is 11.2. The van der Waals surface area contributed by atoms with Crippen LogP contribution in [-0.4, -0.2) is 11.0 Å². The molecule has 0 amide bonds. The SMILES string of the molecule is Oc1cc(CNC2c3ccccc3CC2(F)F)cc(C(F)(F)F)c1. The summed E-state index contributed by atoms with van der Waals surface area (Å²) in [6, 6.07) is 7.80. The lowest BCUT2D eigenvalue weighted by molar-refractivity contribution is -0.137. The lowest BCUT2D eigenvalue weighted by Gasteiger charge is -2.22. The van der Waals surface area contributed by atoms with Gasteiger partial charge in [-0.25, -0.2) is 8.78 Å². The maximum Gasteiger partial charge on any atom is 0.416 e. The summed E-state index contributed by atoms with van der Waals surface area (Å²) < 4.78 is 66.6. The molecule has 3 rings (SSSR count). The van der Waals surface area contributed by atoms with Crippen LogP contribution < -0.4 is 5.32 Å². The van der Waals surface area contributed by atoms with E-state index in [1.165, 1.54) is 0 Å². The van der Waals surface area contributed by atoms with Crippen molar-refractivity contribution >= 4 is 0 Å². The van der Waals surface area contributed by atoms with Gasteiger partial charge in [-0.05, 0) is 34.9 Å². The summed E-state index contributed by atoms with van der Waals surface area (Å²) in [7, 11) is 0. The Kier molecular flexibility index (Phi) is 3.99. The maximum atomic E-state index is 14.2. The van der Waals surface area contributed by atoms with Gasteiger partial charge in [0.25, 0.3) is 5.92 Å². The average Bonchev–Trinajstić information content (AvgIpc) is 2.73. The third-order valence-corrected chi connectivity index (χ3v) is 4.03. The van der Waals surface area contributed by atoms with Crippen molar-refractivity contribution in [3.05, 3.63) is 64.7 Å². The Morgan fingerprint density at radius 2 is 1.83 bits per heavy atom. The summed E-state index contributed by atoms with van der Waals surface area (Å²) in [5.41, 5.74) is 0.0333. The Hall–Kier alpha value is -2.15. The molecular weight excluding hydrogens is 329 g/mol. The number of aromatic hydroxyl groups is 1. The summed E-state index contributed by atoms with van der Waals surface area (Å²) in [6.07, 6.45) is -5.02. The highest BCUT2D eigenvalue weighted by atomic mass is 19.4. The normalized spacial score (nSPS) is 19.3. The highest BCUT2D eigenvalue weighted by Gasteiger charge is 2.47. The summed E-state index contributed by atoms with van der Waals surface area (Å²) in [5.74, 6) is -3.58. The number of nitrogens with one attached hydrogen (secondary N) is 1. The third kappa shape index (κ3) is 3.21. The molecule has 0 aliphatic heterocycles. The Labute approximate surface area is 134 Å². The van der Waals surface area contributed by atoms with Gasteiger partial charge in [0.2, 0.25) is 0 Å². The van der Waals surface area contributed by atoms with Crippen molar-refractivity contribution in [3.63, 3.8) is 0 Å². The monoisotopic (exact) mass is 343 g/mol. The first-order valence-corrected chi connectivity index (χ1v) is 7.26. The van der Waals surface area contributed by atoms with Gasteiger partial charge in [-0.15, -0.1) is 0 Å². The summed E-state index contributed by atoms with van der Waals surface area (Å²) in [4.78, 5) is 0. The van der Waals surface area contributed by atoms with E-state index >= 15 is 0 Å². The molecule has 0 spiro atoms. The van der Waals surface area contributed by atoms with Gasteiger partial charge in [0.05, 0.1) is 11.6 Å². The van der Waals surface area contributed by atoms with Gasteiger partial charge in [0, 0.05) is 13.0 Å². The number of hydrogen-bond donors (Lipinski definition) is 2. The molecule has 0 saturated heterocycles. The van der Waals surface area contributed by atoms with E-state index in [1.54, 1.807) is 24.3 Å². The zero-order valence-corrected chi connectivity index (χ0v) is 12.4. The molecule has 0 radical (unpaired) electrons. The van der Waals surface area contributed by atoms with Gasteiger partial charge in [0.15, 0.2) is 0 Å². The topological polar surface area (TPSA) is 32.3 Å². The predicted octanol–water partition coefficient (Wildman–Crippen LogP) is 4.43. The highest BCUT2D eigenvalue weighted by molar-refractivity contribution is 5.39. The lowest BCUT2D eigenvalue weighted by atomic mass is 10.1. The van der Waals surface area contributed by atoms with Crippen molar-refractivity contribution in [2.24, 2.45) is 0 Å². The molecule has 2 aromatic carbocycles. The number of halogens is 5. The molecule has 0 aromatic heterocycles. The second-order valence-corrected chi connectivity index (χ2v) is 5.84. The second kappa shape index (κ2) is 5.73. The summed E-state index contributed by atoms with van der Waals surface area (Å²) in [5, 5.41) is 12.1. The number of rotatable bonds is 3. The van der Waals surface area contributed by atoms with Gasteiger partial charge in [0.1, 0.15) is 5.75 Å². The zero-order chi connectivity index (χ0) is 17.5. The molecule has 128 valence electrons. The van der Waals surface area contributed by atoms with E-state index in [-0.39, 0.29) is 12.1 Å². The van der Waals surface area contributed by atoms with E-state index in [0.29, 0.717) is 17.2 Å². The Bertz CT molecular complexity index is 757. The Morgan fingerprint density at radius 1 is 1.12 bits per heavy atom. The number of benzene rings is 2. The van der Waals surface area contributed by atoms with E-state index in [2.05, 4.69) is 5.32 Å². The average molecular weight is 343 g/mol. The van der Waals surface area contributed by atoms with Gasteiger partial charge in [-0.1, -0.05) is 24.3 Å². The fraction of sp³-hybridized carbons (Fsp3) is 0.294. The molecule has 0 heterocycles. The molecule has 24 heavy (non-hydrogen) atoms. The van der Waals surface area contributed by atoms with Gasteiger partial charge < -0.3 is 10.4 Å². The molecule has 2 N–H and O–H groups in total. The van der Waals surface area contributed by atoms with E-state index in [0.717, 1.165) is 12.1 Å². The van der Waals surface area contributed by atoms with Crippen molar-refractivity contribution in [2.45, 2.75) is 31.1 Å². The molecular formula is C17H14F5NO. The van der Waals surface area contributed by atoms with Crippen LogP contribution in [-0.2, 0) is 19.1 Å². The molecule has 1 unspecified atom stereocenters.